The summed E-state index contributed by atoms with van der Waals surface area (Å²) >= 11 is 9.37. The van der Waals surface area contributed by atoms with Gasteiger partial charge in [0.25, 0.3) is 0 Å². The van der Waals surface area contributed by atoms with Crippen LogP contribution < -0.4 is 5.32 Å². The molecule has 0 spiro atoms. The molecule has 1 aromatic rings. The van der Waals surface area contributed by atoms with Crippen LogP contribution in [-0.4, -0.2) is 37.8 Å². The molecule has 1 saturated heterocycles. The Balaban J connectivity index is 0.00000162. The first-order valence-corrected chi connectivity index (χ1v) is 6.85. The standard InChI is InChI=1S/C12H15BrClFN2.2ClH/c13-11-7-9(14)1-2-10(11)12(8-15)17-5-3-16-4-6-17;;/h1-2,7,12,16H,3-6,8H2;2*1H/t12-;;/m0../s1. The highest BCUT2D eigenvalue weighted by molar-refractivity contribution is 9.10. The van der Waals surface area contributed by atoms with Gasteiger partial charge >= 0.3 is 0 Å². The topological polar surface area (TPSA) is 15.3 Å². The van der Waals surface area contributed by atoms with Gasteiger partial charge in [0, 0.05) is 35.7 Å². The van der Waals surface area contributed by atoms with Crippen molar-refractivity contribution >= 4 is 52.3 Å². The van der Waals surface area contributed by atoms with Gasteiger partial charge < -0.3 is 5.32 Å². The third-order valence-corrected chi connectivity index (χ3v) is 3.98. The van der Waals surface area contributed by atoms with Crippen LogP contribution in [0.3, 0.4) is 0 Å². The number of hydrogen-bond donors (Lipinski definition) is 1. The Hall–Kier alpha value is 0.420. The molecule has 0 aliphatic carbocycles. The second-order valence-electron chi connectivity index (χ2n) is 4.12. The van der Waals surface area contributed by atoms with Gasteiger partial charge in [-0.15, -0.1) is 24.8 Å². The quantitative estimate of drug-likeness (QED) is 0.837. The molecule has 1 aliphatic rings. The molecule has 110 valence electrons. The van der Waals surface area contributed by atoms with Gasteiger partial charge in [0.15, 0.2) is 0 Å². The van der Waals surface area contributed by atoms with Gasteiger partial charge in [-0.25, -0.2) is 4.39 Å². The SMILES string of the molecule is Cl.Cl.FC[C@@H](c1ccc(Cl)cc1Br)N1CCNCC1. The number of rotatable bonds is 3. The zero-order valence-electron chi connectivity index (χ0n) is 10.2. The average molecular weight is 395 g/mol. The normalized spacial score (nSPS) is 17.2. The fraction of sp³-hybridized carbons (Fsp3) is 0.500. The zero-order chi connectivity index (χ0) is 12.3. The van der Waals surface area contributed by atoms with E-state index in [9.17, 15) is 4.39 Å². The maximum absolute atomic E-state index is 13.3. The number of nitrogens with one attached hydrogen (secondary N) is 1. The third kappa shape index (κ3) is 5.03. The second kappa shape index (κ2) is 9.37. The zero-order valence-corrected chi connectivity index (χ0v) is 14.2. The number of hydrogen-bond acceptors (Lipinski definition) is 2. The molecule has 0 unspecified atom stereocenters. The van der Waals surface area contributed by atoms with E-state index in [4.69, 9.17) is 11.6 Å². The molecule has 1 heterocycles. The molecule has 2 rings (SSSR count). The lowest BCUT2D eigenvalue weighted by atomic mass is 10.1. The van der Waals surface area contributed by atoms with Crippen molar-refractivity contribution in [3.05, 3.63) is 33.3 Å². The number of halogens is 5. The summed E-state index contributed by atoms with van der Waals surface area (Å²) in [6.07, 6.45) is 0. The molecule has 0 aromatic heterocycles. The van der Waals surface area contributed by atoms with Crippen molar-refractivity contribution in [2.45, 2.75) is 6.04 Å². The van der Waals surface area contributed by atoms with E-state index < -0.39 is 0 Å². The van der Waals surface area contributed by atoms with E-state index >= 15 is 0 Å². The Morgan fingerprint density at radius 3 is 2.47 bits per heavy atom. The number of alkyl halides is 1. The first-order valence-electron chi connectivity index (χ1n) is 5.68. The molecule has 19 heavy (non-hydrogen) atoms. The predicted octanol–water partition coefficient (Wildman–Crippen LogP) is 3.86. The fourth-order valence-corrected chi connectivity index (χ4v) is 3.09. The molecule has 1 aliphatic heterocycles. The van der Waals surface area contributed by atoms with Crippen LogP contribution in [0, 0.1) is 0 Å². The molecule has 1 fully saturated rings. The third-order valence-electron chi connectivity index (χ3n) is 3.06. The van der Waals surface area contributed by atoms with E-state index in [1.807, 2.05) is 18.2 Å². The van der Waals surface area contributed by atoms with Crippen LogP contribution in [0.2, 0.25) is 5.02 Å². The highest BCUT2D eigenvalue weighted by Gasteiger charge is 2.23. The summed E-state index contributed by atoms with van der Waals surface area (Å²) in [4.78, 5) is 2.17. The minimum atomic E-state index is -0.375. The van der Waals surface area contributed by atoms with E-state index in [1.54, 1.807) is 0 Å². The van der Waals surface area contributed by atoms with Crippen molar-refractivity contribution in [3.63, 3.8) is 0 Å². The summed E-state index contributed by atoms with van der Waals surface area (Å²) in [5.74, 6) is 0. The van der Waals surface area contributed by atoms with Gasteiger partial charge in [0.2, 0.25) is 0 Å². The van der Waals surface area contributed by atoms with Crippen LogP contribution in [0.5, 0.6) is 0 Å². The average Bonchev–Trinajstić information content (AvgIpc) is 2.34. The first-order chi connectivity index (χ1) is 8.22. The smallest absolute Gasteiger partial charge is 0.109 e. The van der Waals surface area contributed by atoms with Crippen molar-refractivity contribution in [2.24, 2.45) is 0 Å². The molecule has 0 radical (unpaired) electrons. The fourth-order valence-electron chi connectivity index (χ4n) is 2.14. The largest absolute Gasteiger partial charge is 0.314 e. The Bertz CT molecular complexity index is 389. The van der Waals surface area contributed by atoms with Crippen molar-refractivity contribution < 1.29 is 4.39 Å². The highest BCUT2D eigenvalue weighted by atomic mass is 79.9. The lowest BCUT2D eigenvalue weighted by Crippen LogP contribution is -2.45. The number of nitrogens with zero attached hydrogens (tertiary/aromatic N) is 1. The Kier molecular flexibility index (Phi) is 9.58. The van der Waals surface area contributed by atoms with Gasteiger partial charge in [0.1, 0.15) is 6.67 Å². The van der Waals surface area contributed by atoms with Crippen LogP contribution in [0.25, 0.3) is 0 Å². The molecule has 1 atom stereocenters. The van der Waals surface area contributed by atoms with Gasteiger partial charge in [-0.1, -0.05) is 33.6 Å². The molecule has 0 amide bonds. The molecule has 2 nitrogen and oxygen atoms in total. The van der Waals surface area contributed by atoms with Crippen LogP contribution in [0.4, 0.5) is 4.39 Å². The molecule has 7 heteroatoms. The lowest BCUT2D eigenvalue weighted by Gasteiger charge is -2.34. The van der Waals surface area contributed by atoms with E-state index in [0.717, 1.165) is 36.2 Å². The molecule has 1 aromatic carbocycles. The summed E-state index contributed by atoms with van der Waals surface area (Å²) < 4.78 is 14.2. The van der Waals surface area contributed by atoms with Crippen molar-refractivity contribution in [1.82, 2.24) is 10.2 Å². The van der Waals surface area contributed by atoms with Crippen molar-refractivity contribution in [1.29, 1.82) is 0 Å². The predicted molar refractivity (Wildman–Crippen MR) is 86.8 cm³/mol. The minimum absolute atomic E-state index is 0. The van der Waals surface area contributed by atoms with Gasteiger partial charge in [0.05, 0.1) is 6.04 Å². The Morgan fingerprint density at radius 1 is 1.32 bits per heavy atom. The van der Waals surface area contributed by atoms with Crippen LogP contribution in [0.1, 0.15) is 11.6 Å². The van der Waals surface area contributed by atoms with E-state index in [2.05, 4.69) is 26.1 Å². The van der Waals surface area contributed by atoms with Crippen LogP contribution >= 0.6 is 52.3 Å². The monoisotopic (exact) mass is 392 g/mol. The summed E-state index contributed by atoms with van der Waals surface area (Å²) in [5, 5.41) is 3.94. The molecular weight excluding hydrogens is 377 g/mol. The first kappa shape index (κ1) is 19.4. The second-order valence-corrected chi connectivity index (χ2v) is 5.41. The number of piperazine rings is 1. The summed E-state index contributed by atoms with van der Waals surface area (Å²) in [6.45, 7) is 3.22. The summed E-state index contributed by atoms with van der Waals surface area (Å²) in [6, 6.07) is 5.36. The van der Waals surface area contributed by atoms with Crippen LogP contribution in [0.15, 0.2) is 22.7 Å². The van der Waals surface area contributed by atoms with Crippen molar-refractivity contribution in [3.8, 4) is 0 Å². The van der Waals surface area contributed by atoms with E-state index in [0.29, 0.717) is 5.02 Å². The summed E-state index contributed by atoms with van der Waals surface area (Å²) in [5.41, 5.74) is 0.971. The lowest BCUT2D eigenvalue weighted by molar-refractivity contribution is 0.147. The van der Waals surface area contributed by atoms with E-state index in [1.165, 1.54) is 0 Å². The van der Waals surface area contributed by atoms with Gasteiger partial charge in [-0.3, -0.25) is 4.90 Å². The maximum Gasteiger partial charge on any atom is 0.109 e. The van der Waals surface area contributed by atoms with Gasteiger partial charge in [-0.05, 0) is 17.7 Å². The maximum atomic E-state index is 13.3. The van der Waals surface area contributed by atoms with Crippen LogP contribution in [-0.2, 0) is 0 Å². The van der Waals surface area contributed by atoms with Gasteiger partial charge in [-0.2, -0.15) is 0 Å². The molecule has 0 saturated carbocycles. The molecular formula is C12H17BrCl3FN2. The highest BCUT2D eigenvalue weighted by Crippen LogP contribution is 2.30. The molecule has 1 N–H and O–H groups in total. The Morgan fingerprint density at radius 2 is 1.95 bits per heavy atom. The Labute approximate surface area is 139 Å². The minimum Gasteiger partial charge on any atom is -0.314 e. The van der Waals surface area contributed by atoms with E-state index in [-0.39, 0.29) is 37.5 Å². The number of benzene rings is 1. The summed E-state index contributed by atoms with van der Waals surface area (Å²) in [7, 11) is 0. The van der Waals surface area contributed by atoms with Crippen molar-refractivity contribution in [2.75, 3.05) is 32.9 Å². The molecule has 0 bridgehead atoms.